The quantitative estimate of drug-likeness (QED) is 0.930. The first-order valence-electron chi connectivity index (χ1n) is 7.28. The van der Waals surface area contributed by atoms with Gasteiger partial charge in [0.05, 0.1) is 6.10 Å². The number of hydrogen-bond donors (Lipinski definition) is 1. The third kappa shape index (κ3) is 3.96. The highest BCUT2D eigenvalue weighted by Crippen LogP contribution is 2.31. The molecule has 1 amide bonds. The molecular formula is C16H22ClNO3. The first-order valence-corrected chi connectivity index (χ1v) is 7.66. The molecule has 1 fully saturated rings. The van der Waals surface area contributed by atoms with E-state index in [4.69, 9.17) is 16.3 Å². The van der Waals surface area contributed by atoms with Crippen molar-refractivity contribution in [1.29, 1.82) is 0 Å². The smallest absolute Gasteiger partial charge is 0.251 e. The molecule has 0 aromatic heterocycles. The summed E-state index contributed by atoms with van der Waals surface area (Å²) in [5.74, 6) is 0.199. The van der Waals surface area contributed by atoms with Gasteiger partial charge in [0, 0.05) is 25.2 Å². The molecule has 21 heavy (non-hydrogen) atoms. The van der Waals surface area contributed by atoms with Gasteiger partial charge >= 0.3 is 0 Å². The Morgan fingerprint density at radius 3 is 2.43 bits per heavy atom. The number of carbonyl (C=O) groups is 1. The van der Waals surface area contributed by atoms with E-state index in [0.717, 1.165) is 18.4 Å². The molecule has 0 radical (unpaired) electrons. The number of likely N-dealkylation sites (tertiary alicyclic amines) is 1. The number of nitrogens with zero attached hydrogens (tertiary/aromatic N) is 1. The minimum absolute atomic E-state index is 0.0249. The molecule has 2 rings (SSSR count). The summed E-state index contributed by atoms with van der Waals surface area (Å²) in [4.78, 5) is 13.9. The molecule has 1 aromatic rings. The number of piperidine rings is 1. The second-order valence-corrected chi connectivity index (χ2v) is 5.97. The van der Waals surface area contributed by atoms with E-state index < -0.39 is 12.2 Å². The van der Waals surface area contributed by atoms with Crippen molar-refractivity contribution in [2.24, 2.45) is 5.92 Å². The summed E-state index contributed by atoms with van der Waals surface area (Å²) in [6.45, 7) is 3.10. The van der Waals surface area contributed by atoms with E-state index in [0.29, 0.717) is 18.1 Å². The number of aliphatic hydroxyl groups is 1. The molecule has 2 atom stereocenters. The lowest BCUT2D eigenvalue weighted by atomic mass is 9.87. The monoisotopic (exact) mass is 311 g/mol. The van der Waals surface area contributed by atoms with E-state index in [-0.39, 0.29) is 11.8 Å². The number of amides is 1. The Labute approximate surface area is 130 Å². The van der Waals surface area contributed by atoms with Crippen molar-refractivity contribution in [1.82, 2.24) is 4.90 Å². The Balaban J connectivity index is 1.91. The molecule has 1 saturated heterocycles. The second kappa shape index (κ2) is 7.25. The summed E-state index contributed by atoms with van der Waals surface area (Å²) in [7, 11) is 1.54. The molecule has 116 valence electrons. The van der Waals surface area contributed by atoms with Gasteiger partial charge in [0.15, 0.2) is 0 Å². The van der Waals surface area contributed by atoms with E-state index in [2.05, 4.69) is 0 Å². The number of benzene rings is 1. The van der Waals surface area contributed by atoms with Crippen LogP contribution in [-0.4, -0.2) is 42.2 Å². The molecule has 1 aromatic carbocycles. The highest BCUT2D eigenvalue weighted by atomic mass is 35.5. The summed E-state index contributed by atoms with van der Waals surface area (Å²) in [5, 5.41) is 11.1. The molecule has 4 nitrogen and oxygen atoms in total. The molecule has 0 bridgehead atoms. The van der Waals surface area contributed by atoms with Crippen molar-refractivity contribution >= 4 is 17.5 Å². The van der Waals surface area contributed by atoms with Crippen LogP contribution in [0.5, 0.6) is 0 Å². The number of halogens is 1. The minimum Gasteiger partial charge on any atom is -0.388 e. The van der Waals surface area contributed by atoms with Gasteiger partial charge in [0.1, 0.15) is 6.10 Å². The summed E-state index contributed by atoms with van der Waals surface area (Å²) >= 11 is 5.86. The van der Waals surface area contributed by atoms with Crippen LogP contribution < -0.4 is 0 Å². The molecule has 1 aliphatic heterocycles. The topological polar surface area (TPSA) is 49.8 Å². The van der Waals surface area contributed by atoms with Crippen LogP contribution in [-0.2, 0) is 9.53 Å². The van der Waals surface area contributed by atoms with Crippen molar-refractivity contribution < 1.29 is 14.6 Å². The van der Waals surface area contributed by atoms with Crippen molar-refractivity contribution in [2.75, 3.05) is 20.2 Å². The standard InChI is InChI=1S/C16H22ClNO3/c1-11(21-2)16(20)18-9-7-13(8-10-18)15(19)12-3-5-14(17)6-4-12/h3-6,11,13,15,19H,7-10H2,1-2H3. The van der Waals surface area contributed by atoms with Crippen LogP contribution in [0.1, 0.15) is 31.4 Å². The maximum absolute atomic E-state index is 12.0. The molecule has 1 N–H and O–H groups in total. The van der Waals surface area contributed by atoms with Crippen molar-refractivity contribution in [3.8, 4) is 0 Å². The number of carbonyl (C=O) groups excluding carboxylic acids is 1. The van der Waals surface area contributed by atoms with Crippen LogP contribution in [0.25, 0.3) is 0 Å². The Kier molecular flexibility index (Phi) is 5.62. The summed E-state index contributed by atoms with van der Waals surface area (Å²) in [6.07, 6.45) is 0.694. The fourth-order valence-electron chi connectivity index (χ4n) is 2.73. The molecule has 0 aliphatic carbocycles. The van der Waals surface area contributed by atoms with Crippen LogP contribution in [0.2, 0.25) is 5.02 Å². The number of ether oxygens (including phenoxy) is 1. The zero-order valence-corrected chi connectivity index (χ0v) is 13.2. The van der Waals surface area contributed by atoms with Crippen LogP contribution in [0, 0.1) is 5.92 Å². The van der Waals surface area contributed by atoms with E-state index in [9.17, 15) is 9.90 Å². The molecule has 0 saturated carbocycles. The second-order valence-electron chi connectivity index (χ2n) is 5.54. The summed E-state index contributed by atoms with van der Waals surface area (Å²) < 4.78 is 5.07. The van der Waals surface area contributed by atoms with Crippen LogP contribution in [0.4, 0.5) is 0 Å². The van der Waals surface area contributed by atoms with Gasteiger partial charge in [-0.05, 0) is 43.4 Å². The molecule has 1 aliphatic rings. The van der Waals surface area contributed by atoms with Gasteiger partial charge in [0.25, 0.3) is 5.91 Å². The van der Waals surface area contributed by atoms with Gasteiger partial charge in [-0.3, -0.25) is 4.79 Å². The Morgan fingerprint density at radius 1 is 1.33 bits per heavy atom. The average molecular weight is 312 g/mol. The van der Waals surface area contributed by atoms with E-state index in [1.54, 1.807) is 26.2 Å². The van der Waals surface area contributed by atoms with Gasteiger partial charge < -0.3 is 14.7 Å². The fourth-order valence-corrected chi connectivity index (χ4v) is 2.85. The van der Waals surface area contributed by atoms with Crippen LogP contribution in [0.3, 0.4) is 0 Å². The zero-order chi connectivity index (χ0) is 15.4. The van der Waals surface area contributed by atoms with Gasteiger partial charge in [0.2, 0.25) is 0 Å². The molecule has 5 heteroatoms. The van der Waals surface area contributed by atoms with Gasteiger partial charge in [-0.15, -0.1) is 0 Å². The number of hydrogen-bond acceptors (Lipinski definition) is 3. The summed E-state index contributed by atoms with van der Waals surface area (Å²) in [5.41, 5.74) is 0.884. The molecule has 1 heterocycles. The highest BCUT2D eigenvalue weighted by molar-refractivity contribution is 6.30. The molecule has 0 spiro atoms. The van der Waals surface area contributed by atoms with E-state index in [1.165, 1.54) is 0 Å². The number of rotatable bonds is 4. The van der Waals surface area contributed by atoms with Crippen molar-refractivity contribution in [3.05, 3.63) is 34.9 Å². The summed E-state index contributed by atoms with van der Waals surface area (Å²) in [6, 6.07) is 7.30. The lowest BCUT2D eigenvalue weighted by Gasteiger charge is -2.35. The maximum Gasteiger partial charge on any atom is 0.251 e. The first kappa shape index (κ1) is 16.3. The number of aliphatic hydroxyl groups excluding tert-OH is 1. The minimum atomic E-state index is -0.501. The van der Waals surface area contributed by atoms with Gasteiger partial charge in [-0.1, -0.05) is 23.7 Å². The Bertz CT molecular complexity index is 469. The van der Waals surface area contributed by atoms with Crippen molar-refractivity contribution in [3.63, 3.8) is 0 Å². The van der Waals surface area contributed by atoms with Crippen molar-refractivity contribution in [2.45, 2.75) is 32.0 Å². The first-order chi connectivity index (χ1) is 10.0. The van der Waals surface area contributed by atoms with Crippen LogP contribution in [0.15, 0.2) is 24.3 Å². The third-order valence-electron chi connectivity index (χ3n) is 4.21. The molecule has 2 unspecified atom stereocenters. The van der Waals surface area contributed by atoms with Gasteiger partial charge in [-0.2, -0.15) is 0 Å². The molecular weight excluding hydrogens is 290 g/mol. The lowest BCUT2D eigenvalue weighted by Crippen LogP contribution is -2.44. The fraction of sp³-hybridized carbons (Fsp3) is 0.562. The normalized spacial score (nSPS) is 19.3. The lowest BCUT2D eigenvalue weighted by molar-refractivity contribution is -0.143. The Hall–Kier alpha value is -1.10. The average Bonchev–Trinajstić information content (AvgIpc) is 2.53. The largest absolute Gasteiger partial charge is 0.388 e. The Morgan fingerprint density at radius 2 is 1.90 bits per heavy atom. The predicted molar refractivity (Wildman–Crippen MR) is 82.2 cm³/mol. The third-order valence-corrected chi connectivity index (χ3v) is 4.46. The van der Waals surface area contributed by atoms with Gasteiger partial charge in [-0.25, -0.2) is 0 Å². The van der Waals surface area contributed by atoms with Crippen LogP contribution >= 0.6 is 11.6 Å². The zero-order valence-electron chi connectivity index (χ0n) is 12.5. The van der Waals surface area contributed by atoms with E-state index in [1.807, 2.05) is 17.0 Å². The predicted octanol–water partition coefficient (Wildman–Crippen LogP) is 2.65. The highest BCUT2D eigenvalue weighted by Gasteiger charge is 2.29. The maximum atomic E-state index is 12.0. The van der Waals surface area contributed by atoms with E-state index >= 15 is 0 Å². The SMILES string of the molecule is COC(C)C(=O)N1CCC(C(O)c2ccc(Cl)cc2)CC1. The number of methoxy groups -OCH3 is 1.